The molecule has 3 heteroatoms. The van der Waals surface area contributed by atoms with Gasteiger partial charge in [0.2, 0.25) is 5.91 Å². The van der Waals surface area contributed by atoms with Crippen molar-refractivity contribution in [2.75, 3.05) is 13.1 Å². The normalized spacial score (nSPS) is 9.93. The van der Waals surface area contributed by atoms with Gasteiger partial charge < -0.3 is 10.6 Å². The zero-order valence-corrected chi connectivity index (χ0v) is 9.12. The maximum absolute atomic E-state index is 10.9. The largest absolute Gasteiger partial charge is 0.355 e. The van der Waals surface area contributed by atoms with Crippen LogP contribution in [0, 0.1) is 0 Å². The molecule has 0 heterocycles. The smallest absolute Gasteiger partial charge is 0.219 e. The summed E-state index contributed by atoms with van der Waals surface area (Å²) in [4.78, 5) is 10.9. The van der Waals surface area contributed by atoms with E-state index in [9.17, 15) is 4.79 Å². The van der Waals surface area contributed by atoms with Crippen molar-refractivity contribution in [1.82, 2.24) is 10.6 Å². The lowest BCUT2D eigenvalue weighted by molar-refractivity contribution is -0.120. The van der Waals surface area contributed by atoms with E-state index in [0.717, 1.165) is 13.1 Å². The van der Waals surface area contributed by atoms with Gasteiger partial charge in [-0.15, -0.1) is 0 Å². The molecule has 3 nitrogen and oxygen atoms in total. The monoisotopic (exact) mass is 206 g/mol. The fourth-order valence-corrected chi connectivity index (χ4v) is 1.24. The Bertz CT molecular complexity index is 285. The summed E-state index contributed by atoms with van der Waals surface area (Å²) in [7, 11) is 0. The Morgan fingerprint density at radius 3 is 2.60 bits per heavy atom. The highest BCUT2D eigenvalue weighted by Gasteiger charge is 1.94. The van der Waals surface area contributed by atoms with Crippen molar-refractivity contribution in [1.29, 1.82) is 0 Å². The third-order valence-corrected chi connectivity index (χ3v) is 2.12. The van der Waals surface area contributed by atoms with E-state index in [1.807, 2.05) is 25.1 Å². The van der Waals surface area contributed by atoms with Crippen LogP contribution in [0.15, 0.2) is 30.3 Å². The van der Waals surface area contributed by atoms with Crippen LogP contribution in [-0.4, -0.2) is 19.0 Å². The molecule has 2 N–H and O–H groups in total. The first-order valence-electron chi connectivity index (χ1n) is 5.34. The third-order valence-electron chi connectivity index (χ3n) is 2.12. The van der Waals surface area contributed by atoms with Gasteiger partial charge in [0.1, 0.15) is 0 Å². The van der Waals surface area contributed by atoms with Gasteiger partial charge in [0.25, 0.3) is 0 Å². The van der Waals surface area contributed by atoms with Gasteiger partial charge in [0.15, 0.2) is 0 Å². The molecule has 1 aromatic carbocycles. The van der Waals surface area contributed by atoms with E-state index in [1.54, 1.807) is 0 Å². The van der Waals surface area contributed by atoms with E-state index in [2.05, 4.69) is 22.8 Å². The highest BCUT2D eigenvalue weighted by atomic mass is 16.1. The third kappa shape index (κ3) is 5.18. The summed E-state index contributed by atoms with van der Waals surface area (Å²) in [6, 6.07) is 10.2. The molecule has 0 fully saturated rings. The van der Waals surface area contributed by atoms with Crippen LogP contribution in [0.4, 0.5) is 0 Å². The minimum absolute atomic E-state index is 0.108. The van der Waals surface area contributed by atoms with E-state index >= 15 is 0 Å². The number of benzene rings is 1. The molecule has 0 spiro atoms. The maximum Gasteiger partial charge on any atom is 0.219 e. The standard InChI is InChI=1S/C12H18N2O/c1-2-12(15)14-9-8-13-10-11-6-4-3-5-7-11/h3-7,13H,2,8-10H2,1H3,(H,14,15). The van der Waals surface area contributed by atoms with Gasteiger partial charge in [-0.1, -0.05) is 37.3 Å². The zero-order valence-electron chi connectivity index (χ0n) is 9.12. The van der Waals surface area contributed by atoms with Crippen molar-refractivity contribution < 1.29 is 4.79 Å². The Balaban J connectivity index is 2.05. The SMILES string of the molecule is CCC(=O)NCCNCc1ccccc1. The average Bonchev–Trinajstić information content (AvgIpc) is 2.29. The minimum Gasteiger partial charge on any atom is -0.355 e. The summed E-state index contributed by atoms with van der Waals surface area (Å²) in [6.45, 7) is 4.20. The second-order valence-corrected chi connectivity index (χ2v) is 3.37. The first-order valence-corrected chi connectivity index (χ1v) is 5.34. The molecule has 0 unspecified atom stereocenters. The second-order valence-electron chi connectivity index (χ2n) is 3.37. The van der Waals surface area contributed by atoms with Crippen LogP contribution < -0.4 is 10.6 Å². The lowest BCUT2D eigenvalue weighted by Gasteiger charge is -2.05. The summed E-state index contributed by atoms with van der Waals surface area (Å²) in [5.41, 5.74) is 1.26. The Hall–Kier alpha value is -1.35. The van der Waals surface area contributed by atoms with Crippen molar-refractivity contribution in [3.05, 3.63) is 35.9 Å². The number of hydrogen-bond donors (Lipinski definition) is 2. The number of rotatable bonds is 6. The summed E-state index contributed by atoms with van der Waals surface area (Å²) < 4.78 is 0. The highest BCUT2D eigenvalue weighted by Crippen LogP contribution is 1.96. The molecular weight excluding hydrogens is 188 g/mol. The zero-order chi connectivity index (χ0) is 10.9. The van der Waals surface area contributed by atoms with E-state index in [0.29, 0.717) is 13.0 Å². The number of hydrogen-bond acceptors (Lipinski definition) is 2. The van der Waals surface area contributed by atoms with Crippen molar-refractivity contribution in [3.63, 3.8) is 0 Å². The number of carbonyl (C=O) groups is 1. The molecule has 0 bridgehead atoms. The lowest BCUT2D eigenvalue weighted by Crippen LogP contribution is -2.31. The maximum atomic E-state index is 10.9. The predicted octanol–water partition coefficient (Wildman–Crippen LogP) is 1.30. The van der Waals surface area contributed by atoms with Crippen LogP contribution in [0.1, 0.15) is 18.9 Å². The Morgan fingerprint density at radius 1 is 1.20 bits per heavy atom. The summed E-state index contributed by atoms with van der Waals surface area (Å²) in [5, 5.41) is 6.08. The second kappa shape index (κ2) is 7.01. The van der Waals surface area contributed by atoms with Gasteiger partial charge >= 0.3 is 0 Å². The number of nitrogens with one attached hydrogen (secondary N) is 2. The van der Waals surface area contributed by atoms with Gasteiger partial charge in [-0.25, -0.2) is 0 Å². The molecule has 0 saturated heterocycles. The van der Waals surface area contributed by atoms with Gasteiger partial charge in [0.05, 0.1) is 0 Å². The molecule has 0 atom stereocenters. The van der Waals surface area contributed by atoms with Gasteiger partial charge in [-0.2, -0.15) is 0 Å². The number of amides is 1. The molecule has 0 aliphatic carbocycles. The molecule has 0 radical (unpaired) electrons. The van der Waals surface area contributed by atoms with Crippen LogP contribution in [0.5, 0.6) is 0 Å². The highest BCUT2D eigenvalue weighted by molar-refractivity contribution is 5.75. The fraction of sp³-hybridized carbons (Fsp3) is 0.417. The first-order chi connectivity index (χ1) is 7.33. The van der Waals surface area contributed by atoms with E-state index in [-0.39, 0.29) is 5.91 Å². The Labute approximate surface area is 90.9 Å². The van der Waals surface area contributed by atoms with E-state index in [1.165, 1.54) is 5.56 Å². The first kappa shape index (κ1) is 11.7. The molecule has 1 amide bonds. The summed E-state index contributed by atoms with van der Waals surface area (Å²) in [6.07, 6.45) is 0.554. The fourth-order valence-electron chi connectivity index (χ4n) is 1.24. The molecule has 0 aliphatic rings. The lowest BCUT2D eigenvalue weighted by atomic mass is 10.2. The topological polar surface area (TPSA) is 41.1 Å². The van der Waals surface area contributed by atoms with Gasteiger partial charge in [-0.3, -0.25) is 4.79 Å². The van der Waals surface area contributed by atoms with Crippen LogP contribution in [-0.2, 0) is 11.3 Å². The Kier molecular flexibility index (Phi) is 5.48. The van der Waals surface area contributed by atoms with Crippen LogP contribution in [0.3, 0.4) is 0 Å². The Morgan fingerprint density at radius 2 is 1.93 bits per heavy atom. The van der Waals surface area contributed by atoms with E-state index in [4.69, 9.17) is 0 Å². The molecule has 1 rings (SSSR count). The summed E-state index contributed by atoms with van der Waals surface area (Å²) >= 11 is 0. The van der Waals surface area contributed by atoms with Crippen LogP contribution in [0.2, 0.25) is 0 Å². The molecule has 0 saturated carbocycles. The van der Waals surface area contributed by atoms with Crippen molar-refractivity contribution in [3.8, 4) is 0 Å². The van der Waals surface area contributed by atoms with E-state index < -0.39 is 0 Å². The molecule has 0 aliphatic heterocycles. The predicted molar refractivity (Wildman–Crippen MR) is 61.4 cm³/mol. The van der Waals surface area contributed by atoms with Crippen molar-refractivity contribution in [2.45, 2.75) is 19.9 Å². The molecular formula is C12H18N2O. The number of carbonyl (C=O) groups excluding carboxylic acids is 1. The molecule has 0 aromatic heterocycles. The average molecular weight is 206 g/mol. The molecule has 82 valence electrons. The van der Waals surface area contributed by atoms with Crippen molar-refractivity contribution >= 4 is 5.91 Å². The van der Waals surface area contributed by atoms with Crippen LogP contribution >= 0.6 is 0 Å². The molecule has 15 heavy (non-hydrogen) atoms. The molecule has 1 aromatic rings. The summed E-state index contributed by atoms with van der Waals surface area (Å²) in [5.74, 6) is 0.108. The van der Waals surface area contributed by atoms with Crippen LogP contribution in [0.25, 0.3) is 0 Å². The minimum atomic E-state index is 0.108. The van der Waals surface area contributed by atoms with Gasteiger partial charge in [-0.05, 0) is 5.56 Å². The van der Waals surface area contributed by atoms with Gasteiger partial charge in [0, 0.05) is 26.1 Å². The van der Waals surface area contributed by atoms with Crippen molar-refractivity contribution in [2.24, 2.45) is 0 Å². The quantitative estimate of drug-likeness (QED) is 0.689.